The fourth-order valence-corrected chi connectivity index (χ4v) is 2.87. The highest BCUT2D eigenvalue weighted by Gasteiger charge is 2.15. The van der Waals surface area contributed by atoms with Crippen molar-refractivity contribution in [2.45, 2.75) is 44.7 Å². The molecule has 3 N–H and O–H groups in total. The molecule has 0 atom stereocenters. The second-order valence-corrected chi connectivity index (χ2v) is 5.94. The number of hydrogen-bond donors (Lipinski definition) is 3. The van der Waals surface area contributed by atoms with Crippen LogP contribution in [-0.2, 0) is 6.54 Å². The van der Waals surface area contributed by atoms with Gasteiger partial charge in [0.25, 0.3) is 0 Å². The van der Waals surface area contributed by atoms with E-state index in [1.54, 1.807) is 6.26 Å². The van der Waals surface area contributed by atoms with E-state index < -0.39 is 0 Å². The molecule has 1 heterocycles. The molecule has 2 aromatic rings. The molecule has 0 unspecified atom stereocenters. The van der Waals surface area contributed by atoms with Gasteiger partial charge in [-0.2, -0.15) is 0 Å². The van der Waals surface area contributed by atoms with Crippen molar-refractivity contribution in [3.05, 3.63) is 48.4 Å². The first-order valence-electron chi connectivity index (χ1n) is 8.23. The van der Waals surface area contributed by atoms with Crippen LogP contribution in [0.25, 0.3) is 0 Å². The van der Waals surface area contributed by atoms with Gasteiger partial charge in [-0.15, -0.1) is 0 Å². The molecular weight excluding hydrogens is 290 g/mol. The number of amides is 2. The number of furan rings is 1. The van der Waals surface area contributed by atoms with Gasteiger partial charge in [-0.25, -0.2) is 4.79 Å². The van der Waals surface area contributed by atoms with E-state index in [1.807, 2.05) is 36.4 Å². The van der Waals surface area contributed by atoms with Crippen LogP contribution in [0.3, 0.4) is 0 Å². The summed E-state index contributed by atoms with van der Waals surface area (Å²) in [6.07, 6.45) is 7.54. The van der Waals surface area contributed by atoms with Gasteiger partial charge in [-0.05, 0) is 49.2 Å². The minimum absolute atomic E-state index is 0.117. The van der Waals surface area contributed by atoms with Crippen molar-refractivity contribution in [3.8, 4) is 0 Å². The molecule has 1 aromatic carbocycles. The van der Waals surface area contributed by atoms with E-state index in [4.69, 9.17) is 4.42 Å². The molecule has 1 fully saturated rings. The van der Waals surface area contributed by atoms with Crippen molar-refractivity contribution < 1.29 is 9.21 Å². The molecule has 23 heavy (non-hydrogen) atoms. The molecule has 122 valence electrons. The zero-order chi connectivity index (χ0) is 15.9. The number of benzene rings is 1. The van der Waals surface area contributed by atoms with Crippen LogP contribution in [0.15, 0.2) is 47.1 Å². The van der Waals surface area contributed by atoms with E-state index in [2.05, 4.69) is 16.0 Å². The van der Waals surface area contributed by atoms with Gasteiger partial charge in [-0.1, -0.05) is 19.3 Å². The predicted molar refractivity (Wildman–Crippen MR) is 91.5 cm³/mol. The van der Waals surface area contributed by atoms with Crippen LogP contribution in [0, 0.1) is 0 Å². The van der Waals surface area contributed by atoms with Crippen molar-refractivity contribution in [3.63, 3.8) is 0 Å². The van der Waals surface area contributed by atoms with E-state index in [-0.39, 0.29) is 6.03 Å². The average molecular weight is 313 g/mol. The highest BCUT2D eigenvalue weighted by atomic mass is 16.3. The first-order valence-corrected chi connectivity index (χ1v) is 8.23. The van der Waals surface area contributed by atoms with Gasteiger partial charge >= 0.3 is 6.03 Å². The monoisotopic (exact) mass is 313 g/mol. The highest BCUT2D eigenvalue weighted by Crippen LogP contribution is 2.18. The Hall–Kier alpha value is -2.43. The Morgan fingerprint density at radius 1 is 1.04 bits per heavy atom. The first kappa shape index (κ1) is 15.5. The second kappa shape index (κ2) is 7.72. The summed E-state index contributed by atoms with van der Waals surface area (Å²) in [7, 11) is 0. The van der Waals surface area contributed by atoms with Gasteiger partial charge in [0.1, 0.15) is 5.76 Å². The molecular formula is C18H23N3O2. The molecule has 1 aliphatic rings. The van der Waals surface area contributed by atoms with Crippen molar-refractivity contribution in [2.24, 2.45) is 0 Å². The fourth-order valence-electron chi connectivity index (χ4n) is 2.87. The standard InChI is InChI=1S/C18H23N3O2/c22-18(20-15-5-2-1-3-6-15)21-16-10-8-14(9-11-16)19-13-17-7-4-12-23-17/h4,7-12,15,19H,1-3,5-6,13H2,(H2,20,21,22). The lowest BCUT2D eigenvalue weighted by molar-refractivity contribution is 0.244. The SMILES string of the molecule is O=C(Nc1ccc(NCc2ccco2)cc1)NC1CCCCC1. The van der Waals surface area contributed by atoms with E-state index in [1.165, 1.54) is 19.3 Å². The van der Waals surface area contributed by atoms with E-state index in [0.29, 0.717) is 12.6 Å². The van der Waals surface area contributed by atoms with Gasteiger partial charge in [-0.3, -0.25) is 0 Å². The van der Waals surface area contributed by atoms with Crippen LogP contribution >= 0.6 is 0 Å². The largest absolute Gasteiger partial charge is 0.467 e. The zero-order valence-electron chi connectivity index (χ0n) is 13.2. The lowest BCUT2D eigenvalue weighted by Crippen LogP contribution is -2.38. The Balaban J connectivity index is 1.45. The molecule has 0 aliphatic heterocycles. The Labute approximate surface area is 136 Å². The van der Waals surface area contributed by atoms with E-state index >= 15 is 0 Å². The molecule has 1 aliphatic carbocycles. The van der Waals surface area contributed by atoms with Crippen LogP contribution in [0.4, 0.5) is 16.2 Å². The molecule has 3 rings (SSSR count). The van der Waals surface area contributed by atoms with E-state index in [0.717, 1.165) is 30.0 Å². The van der Waals surface area contributed by atoms with Crippen LogP contribution in [0.5, 0.6) is 0 Å². The topological polar surface area (TPSA) is 66.3 Å². The molecule has 0 radical (unpaired) electrons. The lowest BCUT2D eigenvalue weighted by Gasteiger charge is -2.22. The molecule has 0 bridgehead atoms. The van der Waals surface area contributed by atoms with Crippen molar-refractivity contribution in [2.75, 3.05) is 10.6 Å². The third-order valence-electron chi connectivity index (χ3n) is 4.13. The third kappa shape index (κ3) is 4.77. The number of urea groups is 1. The van der Waals surface area contributed by atoms with Crippen LogP contribution in [0.1, 0.15) is 37.9 Å². The average Bonchev–Trinajstić information content (AvgIpc) is 3.08. The summed E-state index contributed by atoms with van der Waals surface area (Å²) in [6.45, 7) is 0.641. The van der Waals surface area contributed by atoms with Crippen LogP contribution in [0.2, 0.25) is 0 Å². The summed E-state index contributed by atoms with van der Waals surface area (Å²) in [6, 6.07) is 11.7. The molecule has 5 nitrogen and oxygen atoms in total. The van der Waals surface area contributed by atoms with Crippen molar-refractivity contribution >= 4 is 17.4 Å². The highest BCUT2D eigenvalue weighted by molar-refractivity contribution is 5.89. The van der Waals surface area contributed by atoms with Crippen molar-refractivity contribution in [1.82, 2.24) is 5.32 Å². The number of anilines is 2. The molecule has 0 saturated heterocycles. The molecule has 1 saturated carbocycles. The molecule has 5 heteroatoms. The van der Waals surface area contributed by atoms with Crippen LogP contribution in [-0.4, -0.2) is 12.1 Å². The molecule has 1 aromatic heterocycles. The maximum atomic E-state index is 12.0. The zero-order valence-corrected chi connectivity index (χ0v) is 13.2. The van der Waals surface area contributed by atoms with Crippen LogP contribution < -0.4 is 16.0 Å². The third-order valence-corrected chi connectivity index (χ3v) is 4.13. The fraction of sp³-hybridized carbons (Fsp3) is 0.389. The van der Waals surface area contributed by atoms with Gasteiger partial charge in [0, 0.05) is 17.4 Å². The summed E-state index contributed by atoms with van der Waals surface area (Å²) >= 11 is 0. The van der Waals surface area contributed by atoms with Gasteiger partial charge in [0.05, 0.1) is 12.8 Å². The second-order valence-electron chi connectivity index (χ2n) is 5.94. The summed E-state index contributed by atoms with van der Waals surface area (Å²) in [4.78, 5) is 12.0. The minimum Gasteiger partial charge on any atom is -0.467 e. The summed E-state index contributed by atoms with van der Waals surface area (Å²) in [5.41, 5.74) is 1.78. The Morgan fingerprint density at radius 2 is 1.78 bits per heavy atom. The van der Waals surface area contributed by atoms with Crippen molar-refractivity contribution in [1.29, 1.82) is 0 Å². The number of carbonyl (C=O) groups excluding carboxylic acids is 1. The normalized spacial score (nSPS) is 15.1. The first-order chi connectivity index (χ1) is 11.3. The van der Waals surface area contributed by atoms with Gasteiger partial charge < -0.3 is 20.4 Å². The maximum absolute atomic E-state index is 12.0. The molecule has 0 spiro atoms. The van der Waals surface area contributed by atoms with Gasteiger partial charge in [0.2, 0.25) is 0 Å². The number of hydrogen-bond acceptors (Lipinski definition) is 3. The predicted octanol–water partition coefficient (Wildman–Crippen LogP) is 4.35. The summed E-state index contributed by atoms with van der Waals surface area (Å²) in [5, 5.41) is 9.21. The Bertz CT molecular complexity index is 602. The number of carbonyl (C=O) groups is 1. The summed E-state index contributed by atoms with van der Waals surface area (Å²) < 4.78 is 5.28. The maximum Gasteiger partial charge on any atom is 0.319 e. The summed E-state index contributed by atoms with van der Waals surface area (Å²) in [5.74, 6) is 0.888. The quantitative estimate of drug-likeness (QED) is 0.769. The Kier molecular flexibility index (Phi) is 5.19. The smallest absolute Gasteiger partial charge is 0.319 e. The minimum atomic E-state index is -0.117. The lowest BCUT2D eigenvalue weighted by atomic mass is 9.96. The number of rotatable bonds is 5. The van der Waals surface area contributed by atoms with E-state index in [9.17, 15) is 4.79 Å². The van der Waals surface area contributed by atoms with Gasteiger partial charge in [0.15, 0.2) is 0 Å². The Morgan fingerprint density at radius 3 is 2.48 bits per heavy atom. The number of nitrogens with one attached hydrogen (secondary N) is 3. The molecule has 2 amide bonds.